The first kappa shape index (κ1) is 32.5. The second-order valence-electron chi connectivity index (χ2n) is 11.2. The van der Waals surface area contributed by atoms with Gasteiger partial charge in [-0.15, -0.1) is 0 Å². The predicted molar refractivity (Wildman–Crippen MR) is 187 cm³/mol. The lowest BCUT2D eigenvalue weighted by atomic mass is 10.0. The minimum atomic E-state index is -0.388. The molecule has 0 aliphatic carbocycles. The molecule has 6 aromatic carbocycles. The molecule has 6 aromatic rings. The normalized spacial score (nSPS) is 10.3. The van der Waals surface area contributed by atoms with Gasteiger partial charge in [0.1, 0.15) is 17.2 Å². The Bertz CT molecular complexity index is 1910. The Kier molecular flexibility index (Phi) is 10.6. The van der Waals surface area contributed by atoms with E-state index in [0.717, 1.165) is 27.8 Å². The average Bonchev–Trinajstić information content (AvgIpc) is 3.10. The quantitative estimate of drug-likeness (QED) is 0.131. The number of esters is 2. The molecule has 0 radical (unpaired) electrons. The number of carbonyl (C=O) groups excluding carboxylic acids is 2. The first-order chi connectivity index (χ1) is 22.8. The van der Waals surface area contributed by atoms with Gasteiger partial charge in [0.05, 0.1) is 18.2 Å². The average molecular weight is 621 g/mol. The summed E-state index contributed by atoms with van der Waals surface area (Å²) in [6.07, 6.45) is 0. The molecule has 0 unspecified atom stereocenters. The molecule has 0 fully saturated rings. The van der Waals surface area contributed by atoms with Crippen molar-refractivity contribution in [2.75, 3.05) is 7.11 Å². The van der Waals surface area contributed by atoms with Crippen molar-refractivity contribution >= 4 is 11.9 Å². The number of ether oxygens (including phenoxy) is 3. The lowest BCUT2D eigenvalue weighted by molar-refractivity contribution is 0.0725. The molecule has 0 heterocycles. The second-order valence-corrected chi connectivity index (χ2v) is 11.2. The Morgan fingerprint density at radius 1 is 0.362 bits per heavy atom. The number of aryl methyl sites for hydroxylation is 3. The number of methoxy groups -OCH3 is 1. The fraction of sp³-hybridized carbons (Fsp3) is 0.0952. The van der Waals surface area contributed by atoms with Crippen molar-refractivity contribution in [2.24, 2.45) is 0 Å². The summed E-state index contributed by atoms with van der Waals surface area (Å²) >= 11 is 0. The number of hydrogen-bond acceptors (Lipinski definition) is 5. The number of carbonyl (C=O) groups is 2. The highest BCUT2D eigenvalue weighted by atomic mass is 16.5. The molecule has 0 aromatic heterocycles. The molecular formula is C42H36O5. The molecule has 0 bridgehead atoms. The van der Waals surface area contributed by atoms with E-state index in [-0.39, 0.29) is 11.9 Å². The summed E-state index contributed by atoms with van der Waals surface area (Å²) in [5.41, 5.74) is 9.07. The molecule has 47 heavy (non-hydrogen) atoms. The number of hydrogen-bond donors (Lipinski definition) is 0. The van der Waals surface area contributed by atoms with Crippen molar-refractivity contribution in [1.29, 1.82) is 0 Å². The van der Waals surface area contributed by atoms with Gasteiger partial charge in [0.25, 0.3) is 0 Å². The van der Waals surface area contributed by atoms with Crippen molar-refractivity contribution in [2.45, 2.75) is 20.8 Å². The molecule has 0 aliphatic rings. The lowest BCUT2D eigenvalue weighted by Crippen LogP contribution is -2.08. The zero-order valence-corrected chi connectivity index (χ0v) is 26.9. The summed E-state index contributed by atoms with van der Waals surface area (Å²) in [7, 11) is 1.59. The van der Waals surface area contributed by atoms with E-state index in [1.54, 1.807) is 55.6 Å². The standard InChI is InChI=1S/C21H18O3.C21H18O2/c1-15-3-5-16(6-4-15)17-7-13-20(14-8-17)24-21(22)18-9-11-19(23-2)12-10-18;1-15-3-7-17(8-4-15)18-11-13-20(14-12-18)23-21(22)19-9-5-16(2)6-10-19/h3-14H,1-2H3;3-14H,1-2H3. The van der Waals surface area contributed by atoms with Gasteiger partial charge in [-0.3, -0.25) is 0 Å². The first-order valence-electron chi connectivity index (χ1n) is 15.3. The van der Waals surface area contributed by atoms with Crippen molar-refractivity contribution in [3.05, 3.63) is 173 Å². The van der Waals surface area contributed by atoms with Crippen LogP contribution in [0.25, 0.3) is 22.3 Å². The molecule has 0 atom stereocenters. The molecule has 5 heteroatoms. The van der Waals surface area contributed by atoms with Crippen molar-refractivity contribution < 1.29 is 23.8 Å². The van der Waals surface area contributed by atoms with E-state index in [2.05, 4.69) is 62.4 Å². The SMILES string of the molecule is COc1ccc(C(=O)Oc2ccc(-c3ccc(C)cc3)cc2)cc1.Cc1ccc(C(=O)Oc2ccc(-c3ccc(C)cc3)cc2)cc1. The zero-order valence-electron chi connectivity index (χ0n) is 26.9. The van der Waals surface area contributed by atoms with Crippen LogP contribution in [0.15, 0.2) is 146 Å². The van der Waals surface area contributed by atoms with Gasteiger partial charge in [0.2, 0.25) is 0 Å². The summed E-state index contributed by atoms with van der Waals surface area (Å²) in [6.45, 7) is 6.11. The maximum absolute atomic E-state index is 12.1. The molecule has 0 aliphatic heterocycles. The molecule has 6 rings (SSSR count). The fourth-order valence-corrected chi connectivity index (χ4v) is 4.67. The van der Waals surface area contributed by atoms with Crippen LogP contribution in [0.3, 0.4) is 0 Å². The van der Waals surface area contributed by atoms with E-state index in [1.807, 2.05) is 55.5 Å². The van der Waals surface area contributed by atoms with Crippen LogP contribution < -0.4 is 14.2 Å². The molecule has 0 spiro atoms. The summed E-state index contributed by atoms with van der Waals surface area (Å²) in [5, 5.41) is 0. The third kappa shape index (κ3) is 9.05. The third-order valence-corrected chi connectivity index (χ3v) is 7.51. The monoisotopic (exact) mass is 620 g/mol. The molecular weight excluding hydrogens is 584 g/mol. The van der Waals surface area contributed by atoms with Crippen LogP contribution in [0.2, 0.25) is 0 Å². The fourth-order valence-electron chi connectivity index (χ4n) is 4.67. The van der Waals surface area contributed by atoms with Crippen LogP contribution in [-0.2, 0) is 0 Å². The Hall–Kier alpha value is -5.94. The van der Waals surface area contributed by atoms with Crippen molar-refractivity contribution in [1.82, 2.24) is 0 Å². The van der Waals surface area contributed by atoms with Gasteiger partial charge in [-0.25, -0.2) is 9.59 Å². The van der Waals surface area contributed by atoms with Gasteiger partial charge >= 0.3 is 11.9 Å². The lowest BCUT2D eigenvalue weighted by Gasteiger charge is -2.07. The third-order valence-electron chi connectivity index (χ3n) is 7.51. The predicted octanol–water partition coefficient (Wildman–Crippen LogP) is 10.1. The van der Waals surface area contributed by atoms with Gasteiger partial charge < -0.3 is 14.2 Å². The molecule has 0 N–H and O–H groups in total. The van der Waals surface area contributed by atoms with Crippen LogP contribution in [0.5, 0.6) is 17.2 Å². The number of rotatable bonds is 7. The first-order valence-corrected chi connectivity index (χ1v) is 15.3. The smallest absolute Gasteiger partial charge is 0.343 e. The zero-order chi connectivity index (χ0) is 33.2. The Balaban J connectivity index is 0.000000185. The summed E-state index contributed by atoms with van der Waals surface area (Å²) in [5.74, 6) is 1.04. The highest BCUT2D eigenvalue weighted by molar-refractivity contribution is 5.91. The Morgan fingerprint density at radius 2 is 0.617 bits per heavy atom. The van der Waals surface area contributed by atoms with E-state index in [4.69, 9.17) is 14.2 Å². The van der Waals surface area contributed by atoms with Crippen LogP contribution in [-0.4, -0.2) is 19.0 Å². The second kappa shape index (κ2) is 15.4. The van der Waals surface area contributed by atoms with Crippen LogP contribution in [0.1, 0.15) is 37.4 Å². The van der Waals surface area contributed by atoms with E-state index in [1.165, 1.54) is 11.1 Å². The van der Waals surface area contributed by atoms with Crippen molar-refractivity contribution in [3.63, 3.8) is 0 Å². The molecule has 5 nitrogen and oxygen atoms in total. The van der Waals surface area contributed by atoms with Gasteiger partial charge in [0, 0.05) is 0 Å². The van der Waals surface area contributed by atoms with Crippen molar-refractivity contribution in [3.8, 4) is 39.5 Å². The molecule has 234 valence electrons. The van der Waals surface area contributed by atoms with Gasteiger partial charge in [-0.05, 0) is 104 Å². The van der Waals surface area contributed by atoms with Crippen LogP contribution >= 0.6 is 0 Å². The topological polar surface area (TPSA) is 61.8 Å². The highest BCUT2D eigenvalue weighted by Crippen LogP contribution is 2.25. The highest BCUT2D eigenvalue weighted by Gasteiger charge is 2.10. The minimum absolute atomic E-state index is 0.340. The van der Waals surface area contributed by atoms with E-state index in [0.29, 0.717) is 28.4 Å². The van der Waals surface area contributed by atoms with Gasteiger partial charge in [0.15, 0.2) is 0 Å². The number of benzene rings is 6. The van der Waals surface area contributed by atoms with Crippen LogP contribution in [0, 0.1) is 20.8 Å². The Labute approximate surface area is 276 Å². The maximum atomic E-state index is 12.1. The summed E-state index contributed by atoms with van der Waals surface area (Å²) in [6, 6.07) is 45.9. The van der Waals surface area contributed by atoms with Crippen LogP contribution in [0.4, 0.5) is 0 Å². The van der Waals surface area contributed by atoms with Gasteiger partial charge in [-0.1, -0.05) is 102 Å². The van der Waals surface area contributed by atoms with Gasteiger partial charge in [-0.2, -0.15) is 0 Å². The summed E-state index contributed by atoms with van der Waals surface area (Å²) in [4.78, 5) is 24.2. The molecule has 0 saturated heterocycles. The molecule has 0 amide bonds. The Morgan fingerprint density at radius 3 is 0.936 bits per heavy atom. The van der Waals surface area contributed by atoms with E-state index in [9.17, 15) is 9.59 Å². The molecule has 0 saturated carbocycles. The van der Waals surface area contributed by atoms with E-state index >= 15 is 0 Å². The van der Waals surface area contributed by atoms with E-state index < -0.39 is 0 Å². The summed E-state index contributed by atoms with van der Waals surface area (Å²) < 4.78 is 15.9. The maximum Gasteiger partial charge on any atom is 0.343 e. The minimum Gasteiger partial charge on any atom is -0.497 e. The largest absolute Gasteiger partial charge is 0.497 e.